The Balaban J connectivity index is 3.15. The van der Waals surface area contributed by atoms with E-state index in [4.69, 9.17) is 15.4 Å². The molecule has 4 nitrogen and oxygen atoms in total. The van der Waals surface area contributed by atoms with E-state index >= 15 is 0 Å². The monoisotopic (exact) mass is 322 g/mol. The Hall–Kier alpha value is -1.14. The normalized spacial score (nSPS) is 13.1. The van der Waals surface area contributed by atoms with Gasteiger partial charge in [-0.05, 0) is 38.0 Å². The van der Waals surface area contributed by atoms with Crippen LogP contribution in [0.3, 0.4) is 0 Å². The maximum Gasteiger partial charge on any atom is 0.338 e. The lowest BCUT2D eigenvalue weighted by Gasteiger charge is -2.13. The molecule has 0 amide bonds. The maximum absolute atomic E-state index is 13.7. The zero-order valence-electron chi connectivity index (χ0n) is 11.4. The average molecular weight is 323 g/mol. The number of hydrogen-bond acceptors (Lipinski definition) is 4. The van der Waals surface area contributed by atoms with Gasteiger partial charge in [-0.25, -0.2) is 17.6 Å². The Labute approximate surface area is 122 Å². The van der Waals surface area contributed by atoms with Gasteiger partial charge >= 0.3 is 5.97 Å². The molecule has 112 valence electrons. The summed E-state index contributed by atoms with van der Waals surface area (Å²) in [5.41, 5.74) is -0.0205. The molecule has 1 aromatic rings. The minimum absolute atomic E-state index is 0.0156. The van der Waals surface area contributed by atoms with Crippen molar-refractivity contribution in [3.8, 4) is 0 Å². The van der Waals surface area contributed by atoms with Gasteiger partial charge < -0.3 is 4.74 Å². The van der Waals surface area contributed by atoms with Crippen LogP contribution in [0, 0.1) is 12.7 Å². The minimum Gasteiger partial charge on any atom is -0.459 e. The Bertz CT molecular complexity index is 613. The molecule has 1 atom stereocenters. The van der Waals surface area contributed by atoms with Gasteiger partial charge in [-0.2, -0.15) is 0 Å². The van der Waals surface area contributed by atoms with Crippen molar-refractivity contribution in [3.05, 3.63) is 29.1 Å². The molecule has 0 aromatic heterocycles. The predicted octanol–water partition coefficient (Wildman–Crippen LogP) is 3.41. The number of hydrogen-bond donors (Lipinski definition) is 0. The van der Waals surface area contributed by atoms with Crippen molar-refractivity contribution < 1.29 is 22.3 Å². The Morgan fingerprint density at radius 1 is 1.45 bits per heavy atom. The molecule has 0 spiro atoms. The van der Waals surface area contributed by atoms with Gasteiger partial charge in [-0.3, -0.25) is 0 Å². The molecule has 7 heteroatoms. The second-order valence-electron chi connectivity index (χ2n) is 4.55. The van der Waals surface area contributed by atoms with Crippen LogP contribution < -0.4 is 0 Å². The number of ether oxygens (including phenoxy) is 1. The molecule has 0 radical (unpaired) electrons. The van der Waals surface area contributed by atoms with Crippen LogP contribution in [0.2, 0.25) is 0 Å². The largest absolute Gasteiger partial charge is 0.459 e. The van der Waals surface area contributed by atoms with Gasteiger partial charge in [0.2, 0.25) is 0 Å². The van der Waals surface area contributed by atoms with E-state index in [2.05, 4.69) is 0 Å². The highest BCUT2D eigenvalue weighted by molar-refractivity contribution is 8.13. The molecule has 0 fully saturated rings. The van der Waals surface area contributed by atoms with E-state index in [1.807, 2.05) is 6.92 Å². The molecule has 0 heterocycles. The van der Waals surface area contributed by atoms with Crippen molar-refractivity contribution in [2.45, 2.75) is 44.6 Å². The fourth-order valence-electron chi connectivity index (χ4n) is 1.75. The lowest BCUT2D eigenvalue weighted by Crippen LogP contribution is -2.15. The lowest BCUT2D eigenvalue weighted by atomic mass is 10.1. The Morgan fingerprint density at radius 2 is 2.05 bits per heavy atom. The van der Waals surface area contributed by atoms with Crippen molar-refractivity contribution in [1.29, 1.82) is 0 Å². The summed E-state index contributed by atoms with van der Waals surface area (Å²) in [6, 6.07) is 2.13. The van der Waals surface area contributed by atoms with E-state index in [1.165, 1.54) is 13.0 Å². The molecule has 0 saturated heterocycles. The number of rotatable bonds is 5. The average Bonchev–Trinajstić information content (AvgIpc) is 2.30. The fraction of sp³-hybridized carbons (Fsp3) is 0.462. The molecule has 0 bridgehead atoms. The molecular weight excluding hydrogens is 307 g/mol. The summed E-state index contributed by atoms with van der Waals surface area (Å²) in [5.74, 6) is -1.66. The number of halogens is 2. The molecule has 20 heavy (non-hydrogen) atoms. The quantitative estimate of drug-likeness (QED) is 0.615. The van der Waals surface area contributed by atoms with Crippen molar-refractivity contribution >= 4 is 25.7 Å². The van der Waals surface area contributed by atoms with E-state index in [-0.39, 0.29) is 17.2 Å². The summed E-state index contributed by atoms with van der Waals surface area (Å²) < 4.78 is 41.4. The summed E-state index contributed by atoms with van der Waals surface area (Å²) in [7, 11) is 0.887. The predicted molar refractivity (Wildman–Crippen MR) is 74.0 cm³/mol. The second-order valence-corrected chi connectivity index (χ2v) is 7.08. The lowest BCUT2D eigenvalue weighted by molar-refractivity contribution is 0.0323. The van der Waals surface area contributed by atoms with Crippen LogP contribution in [0.25, 0.3) is 0 Å². The molecule has 0 aliphatic carbocycles. The van der Waals surface area contributed by atoms with E-state index in [0.29, 0.717) is 6.42 Å². The first-order valence-corrected chi connectivity index (χ1v) is 8.43. The van der Waals surface area contributed by atoms with Gasteiger partial charge in [-0.15, -0.1) is 0 Å². The summed E-state index contributed by atoms with van der Waals surface area (Å²) >= 11 is 0. The topological polar surface area (TPSA) is 60.4 Å². The Kier molecular flexibility index (Phi) is 5.53. The molecule has 0 saturated carbocycles. The van der Waals surface area contributed by atoms with Crippen LogP contribution in [0.1, 0.15) is 42.6 Å². The van der Waals surface area contributed by atoms with Crippen molar-refractivity contribution in [2.75, 3.05) is 0 Å². The summed E-state index contributed by atoms with van der Waals surface area (Å²) in [6.45, 7) is 5.04. The molecule has 0 aliphatic heterocycles. The van der Waals surface area contributed by atoms with Gasteiger partial charge in [0.1, 0.15) is 10.7 Å². The second kappa shape index (κ2) is 6.54. The first-order chi connectivity index (χ1) is 9.16. The molecule has 0 N–H and O–H groups in total. The maximum atomic E-state index is 13.7. The zero-order valence-corrected chi connectivity index (χ0v) is 13.0. The van der Waals surface area contributed by atoms with Crippen LogP contribution in [0.15, 0.2) is 17.0 Å². The zero-order chi connectivity index (χ0) is 15.5. The van der Waals surface area contributed by atoms with Crippen molar-refractivity contribution in [2.24, 2.45) is 0 Å². The molecule has 0 aliphatic rings. The van der Waals surface area contributed by atoms with Gasteiger partial charge in [0.25, 0.3) is 9.05 Å². The third-order valence-corrected chi connectivity index (χ3v) is 4.04. The summed E-state index contributed by atoms with van der Waals surface area (Å²) in [5, 5.41) is 0. The molecule has 1 unspecified atom stereocenters. The number of esters is 1. The first-order valence-electron chi connectivity index (χ1n) is 6.12. The third-order valence-electron chi connectivity index (χ3n) is 2.72. The van der Waals surface area contributed by atoms with Gasteiger partial charge in [-0.1, -0.05) is 13.3 Å². The number of benzene rings is 1. The highest BCUT2D eigenvalue weighted by Gasteiger charge is 2.22. The summed E-state index contributed by atoms with van der Waals surface area (Å²) in [4.78, 5) is 11.2. The standard InChI is InChI=1S/C13H16ClFO4S/c1-4-5-9(3)19-13(16)10-6-8(2)12(15)11(7-10)20(14,17)18/h6-7,9H,4-5H2,1-3H3. The minimum atomic E-state index is -4.26. The molecular formula is C13H16ClFO4S. The molecule has 1 rings (SSSR count). The van der Waals surface area contributed by atoms with Gasteiger partial charge in [0, 0.05) is 10.7 Å². The molecule has 1 aromatic carbocycles. The van der Waals surface area contributed by atoms with E-state index in [9.17, 15) is 17.6 Å². The number of carbonyl (C=O) groups is 1. The highest BCUT2D eigenvalue weighted by atomic mass is 35.7. The first kappa shape index (κ1) is 16.9. The van der Waals surface area contributed by atoms with Gasteiger partial charge in [0.05, 0.1) is 11.7 Å². The number of aryl methyl sites for hydroxylation is 1. The Morgan fingerprint density at radius 3 is 2.55 bits per heavy atom. The van der Waals surface area contributed by atoms with Crippen molar-refractivity contribution in [1.82, 2.24) is 0 Å². The van der Waals surface area contributed by atoms with Crippen LogP contribution in [-0.2, 0) is 13.8 Å². The van der Waals surface area contributed by atoms with Crippen LogP contribution in [-0.4, -0.2) is 20.5 Å². The van der Waals surface area contributed by atoms with Crippen LogP contribution >= 0.6 is 10.7 Å². The van der Waals surface area contributed by atoms with Crippen LogP contribution in [0.5, 0.6) is 0 Å². The van der Waals surface area contributed by atoms with E-state index in [0.717, 1.165) is 12.5 Å². The van der Waals surface area contributed by atoms with Crippen LogP contribution in [0.4, 0.5) is 4.39 Å². The number of carbonyl (C=O) groups excluding carboxylic acids is 1. The smallest absolute Gasteiger partial charge is 0.338 e. The van der Waals surface area contributed by atoms with E-state index in [1.54, 1.807) is 6.92 Å². The van der Waals surface area contributed by atoms with Gasteiger partial charge in [0.15, 0.2) is 0 Å². The SMILES string of the molecule is CCCC(C)OC(=O)c1cc(C)c(F)c(S(=O)(=O)Cl)c1. The highest BCUT2D eigenvalue weighted by Crippen LogP contribution is 2.24. The van der Waals surface area contributed by atoms with Crippen molar-refractivity contribution in [3.63, 3.8) is 0 Å². The third kappa shape index (κ3) is 4.18. The summed E-state index contributed by atoms with van der Waals surface area (Å²) in [6.07, 6.45) is 1.24. The van der Waals surface area contributed by atoms with E-state index < -0.39 is 25.7 Å². The fourth-order valence-corrected chi connectivity index (χ4v) is 2.73.